The molecular formula is C21H22Cl4O5. The van der Waals surface area contributed by atoms with Crippen molar-refractivity contribution in [3.8, 4) is 0 Å². The Morgan fingerprint density at radius 3 is 2.07 bits per heavy atom. The van der Waals surface area contributed by atoms with E-state index < -0.39 is 24.1 Å². The van der Waals surface area contributed by atoms with Gasteiger partial charge in [0.1, 0.15) is 17.8 Å². The molecule has 1 fully saturated rings. The highest BCUT2D eigenvalue weighted by molar-refractivity contribution is 6.35. The first kappa shape index (κ1) is 24.1. The summed E-state index contributed by atoms with van der Waals surface area (Å²) in [6.07, 6.45) is -2.15. The molecule has 30 heavy (non-hydrogen) atoms. The Morgan fingerprint density at radius 2 is 1.53 bits per heavy atom. The fraction of sp³-hybridized carbons (Fsp3) is 0.429. The fourth-order valence-electron chi connectivity index (χ4n) is 3.32. The molecule has 0 aromatic heterocycles. The lowest BCUT2D eigenvalue weighted by Gasteiger charge is -2.29. The van der Waals surface area contributed by atoms with Gasteiger partial charge in [-0.2, -0.15) is 0 Å². The summed E-state index contributed by atoms with van der Waals surface area (Å²) in [5, 5.41) is 13.0. The summed E-state index contributed by atoms with van der Waals surface area (Å²) in [6.45, 7) is 2.18. The zero-order valence-electron chi connectivity index (χ0n) is 16.4. The van der Waals surface area contributed by atoms with Crippen molar-refractivity contribution in [1.82, 2.24) is 0 Å². The van der Waals surface area contributed by atoms with E-state index in [9.17, 15) is 5.11 Å². The van der Waals surface area contributed by atoms with Crippen molar-refractivity contribution in [2.45, 2.75) is 44.2 Å². The molecule has 1 aliphatic rings. The van der Waals surface area contributed by atoms with E-state index in [2.05, 4.69) is 0 Å². The van der Waals surface area contributed by atoms with Crippen LogP contribution in [0.1, 0.15) is 18.1 Å². The lowest BCUT2D eigenvalue weighted by Crippen LogP contribution is -2.48. The van der Waals surface area contributed by atoms with E-state index in [1.165, 1.54) is 7.11 Å². The summed E-state index contributed by atoms with van der Waals surface area (Å²) in [5.41, 5.74) is 0.143. The monoisotopic (exact) mass is 494 g/mol. The first-order valence-electron chi connectivity index (χ1n) is 9.20. The van der Waals surface area contributed by atoms with E-state index in [1.807, 2.05) is 0 Å². The average Bonchev–Trinajstić information content (AvgIpc) is 2.92. The number of aliphatic hydroxyl groups is 1. The minimum atomic E-state index is -1.39. The molecule has 1 heterocycles. The molecule has 5 nitrogen and oxygen atoms in total. The Bertz CT molecular complexity index is 876. The predicted octanol–water partition coefficient (Wildman–Crippen LogP) is 5.52. The van der Waals surface area contributed by atoms with Gasteiger partial charge in [0.15, 0.2) is 6.29 Å². The van der Waals surface area contributed by atoms with Crippen molar-refractivity contribution in [2.24, 2.45) is 0 Å². The van der Waals surface area contributed by atoms with Gasteiger partial charge in [0.2, 0.25) is 0 Å². The van der Waals surface area contributed by atoms with Crippen LogP contribution in [0.5, 0.6) is 0 Å². The molecule has 1 N–H and O–H groups in total. The SMILES string of the molecule is COC1OC(COCc2ccc(Cl)cc2Cl)C(OCc2ccc(Cl)cc2Cl)[C@@]1(C)O. The summed E-state index contributed by atoms with van der Waals surface area (Å²) >= 11 is 24.3. The highest BCUT2D eigenvalue weighted by Crippen LogP contribution is 2.35. The normalized spacial score (nSPS) is 26.3. The summed E-state index contributed by atoms with van der Waals surface area (Å²) < 4.78 is 22.9. The maximum atomic E-state index is 10.9. The topological polar surface area (TPSA) is 57.2 Å². The number of hydrogen-bond acceptors (Lipinski definition) is 5. The molecular weight excluding hydrogens is 474 g/mol. The van der Waals surface area contributed by atoms with E-state index in [0.717, 1.165) is 11.1 Å². The van der Waals surface area contributed by atoms with Crippen LogP contribution >= 0.6 is 46.4 Å². The van der Waals surface area contributed by atoms with Gasteiger partial charge in [0.05, 0.1) is 19.8 Å². The Morgan fingerprint density at radius 1 is 0.967 bits per heavy atom. The Hall–Kier alpha value is -0.600. The quantitative estimate of drug-likeness (QED) is 0.522. The first-order chi connectivity index (χ1) is 14.2. The number of benzene rings is 2. The number of halogens is 4. The summed E-state index contributed by atoms with van der Waals surface area (Å²) in [6, 6.07) is 10.3. The summed E-state index contributed by atoms with van der Waals surface area (Å²) in [5.74, 6) is 0. The van der Waals surface area contributed by atoms with Crippen LogP contribution in [0.4, 0.5) is 0 Å². The summed E-state index contributed by atoms with van der Waals surface area (Å²) in [7, 11) is 1.46. The van der Waals surface area contributed by atoms with E-state index >= 15 is 0 Å². The molecule has 0 bridgehead atoms. The molecule has 0 aliphatic carbocycles. The fourth-order valence-corrected chi connectivity index (χ4v) is 4.24. The molecule has 0 spiro atoms. The van der Waals surface area contributed by atoms with Gasteiger partial charge in [-0.25, -0.2) is 0 Å². The minimum Gasteiger partial charge on any atom is -0.382 e. The maximum Gasteiger partial charge on any atom is 0.188 e. The van der Waals surface area contributed by atoms with Crippen LogP contribution in [-0.2, 0) is 32.2 Å². The number of methoxy groups -OCH3 is 1. The van der Waals surface area contributed by atoms with Gasteiger partial charge in [-0.3, -0.25) is 0 Å². The molecule has 0 radical (unpaired) electrons. The zero-order chi connectivity index (χ0) is 21.9. The van der Waals surface area contributed by atoms with E-state index in [-0.39, 0.29) is 19.8 Å². The van der Waals surface area contributed by atoms with Gasteiger partial charge < -0.3 is 24.1 Å². The van der Waals surface area contributed by atoms with E-state index in [1.54, 1.807) is 43.3 Å². The standard InChI is InChI=1S/C21H22Cl4O5/c1-21(26)19(29-10-13-4-6-15(23)8-17(13)25)18(30-20(21)27-2)11-28-9-12-3-5-14(22)7-16(12)24/h3-8,18-20,26H,9-11H2,1-2H3/t18?,19?,20?,21-/m1/s1. The van der Waals surface area contributed by atoms with Crippen molar-refractivity contribution in [3.05, 3.63) is 67.6 Å². The molecule has 9 heteroatoms. The third-order valence-corrected chi connectivity index (χ3v) is 6.07. The van der Waals surface area contributed by atoms with Crippen LogP contribution in [0.2, 0.25) is 20.1 Å². The van der Waals surface area contributed by atoms with Crippen LogP contribution in [0.3, 0.4) is 0 Å². The van der Waals surface area contributed by atoms with Crippen LogP contribution in [0, 0.1) is 0 Å². The van der Waals surface area contributed by atoms with Crippen LogP contribution in [-0.4, -0.2) is 42.9 Å². The Labute approximate surface area is 195 Å². The smallest absolute Gasteiger partial charge is 0.188 e. The van der Waals surface area contributed by atoms with Crippen molar-refractivity contribution >= 4 is 46.4 Å². The van der Waals surface area contributed by atoms with Gasteiger partial charge in [-0.05, 0) is 42.3 Å². The highest BCUT2D eigenvalue weighted by atomic mass is 35.5. The van der Waals surface area contributed by atoms with E-state index in [0.29, 0.717) is 20.1 Å². The second-order valence-electron chi connectivity index (χ2n) is 7.19. The summed E-state index contributed by atoms with van der Waals surface area (Å²) in [4.78, 5) is 0. The Kier molecular flexibility index (Phi) is 8.29. The van der Waals surface area contributed by atoms with Crippen molar-refractivity contribution < 1.29 is 24.1 Å². The molecule has 4 atom stereocenters. The van der Waals surface area contributed by atoms with Gasteiger partial charge >= 0.3 is 0 Å². The predicted molar refractivity (Wildman–Crippen MR) is 117 cm³/mol. The van der Waals surface area contributed by atoms with Crippen molar-refractivity contribution in [1.29, 1.82) is 0 Å². The Balaban J connectivity index is 1.66. The van der Waals surface area contributed by atoms with Gasteiger partial charge in [-0.1, -0.05) is 58.5 Å². The van der Waals surface area contributed by atoms with Gasteiger partial charge in [0, 0.05) is 27.2 Å². The molecule has 3 unspecified atom stereocenters. The van der Waals surface area contributed by atoms with Crippen LogP contribution < -0.4 is 0 Å². The molecule has 2 aromatic carbocycles. The van der Waals surface area contributed by atoms with Crippen LogP contribution in [0.15, 0.2) is 36.4 Å². The van der Waals surface area contributed by atoms with Crippen molar-refractivity contribution in [3.63, 3.8) is 0 Å². The first-order valence-corrected chi connectivity index (χ1v) is 10.7. The molecule has 0 saturated carbocycles. The second-order valence-corrected chi connectivity index (χ2v) is 8.87. The lowest BCUT2D eigenvalue weighted by molar-refractivity contribution is -0.190. The maximum absolute atomic E-state index is 10.9. The van der Waals surface area contributed by atoms with E-state index in [4.69, 9.17) is 65.4 Å². The number of rotatable bonds is 8. The largest absolute Gasteiger partial charge is 0.382 e. The minimum absolute atomic E-state index is 0.161. The van der Waals surface area contributed by atoms with Gasteiger partial charge in [-0.15, -0.1) is 0 Å². The molecule has 0 amide bonds. The average molecular weight is 496 g/mol. The zero-order valence-corrected chi connectivity index (χ0v) is 19.4. The molecule has 3 rings (SSSR count). The number of hydrogen-bond donors (Lipinski definition) is 1. The highest BCUT2D eigenvalue weighted by Gasteiger charge is 2.54. The van der Waals surface area contributed by atoms with Crippen LogP contribution in [0.25, 0.3) is 0 Å². The molecule has 1 saturated heterocycles. The molecule has 1 aliphatic heterocycles. The van der Waals surface area contributed by atoms with Crippen molar-refractivity contribution in [2.75, 3.05) is 13.7 Å². The third kappa shape index (κ3) is 5.60. The third-order valence-electron chi connectivity index (χ3n) is 4.89. The number of ether oxygens (including phenoxy) is 4. The van der Waals surface area contributed by atoms with Gasteiger partial charge in [0.25, 0.3) is 0 Å². The molecule has 2 aromatic rings. The molecule has 164 valence electrons. The lowest BCUT2D eigenvalue weighted by atomic mass is 9.97. The second kappa shape index (κ2) is 10.3.